The fourth-order valence-corrected chi connectivity index (χ4v) is 2.49. The molecule has 1 saturated heterocycles. The van der Waals surface area contributed by atoms with Gasteiger partial charge in [0, 0.05) is 14.1 Å². The first-order valence-electron chi connectivity index (χ1n) is 7.44. The number of hydrogen-bond acceptors (Lipinski definition) is 3. The summed E-state index contributed by atoms with van der Waals surface area (Å²) in [7, 11) is 3.40. The average Bonchev–Trinajstić information content (AvgIpc) is 2.76. The van der Waals surface area contributed by atoms with E-state index in [1.807, 2.05) is 6.07 Å². The van der Waals surface area contributed by atoms with Gasteiger partial charge in [-0.15, -0.1) is 0 Å². The summed E-state index contributed by atoms with van der Waals surface area (Å²) in [6.45, 7) is 0.871. The number of hydrogen-bond donors (Lipinski definition) is 2. The number of nitrogens with zero attached hydrogens (tertiary/aromatic N) is 1. The minimum Gasteiger partial charge on any atom is -0.345 e. The summed E-state index contributed by atoms with van der Waals surface area (Å²) in [6.07, 6.45) is 4.17. The van der Waals surface area contributed by atoms with Crippen LogP contribution in [0.3, 0.4) is 0 Å². The molecule has 1 aromatic rings. The van der Waals surface area contributed by atoms with Crippen LogP contribution in [-0.4, -0.2) is 43.4 Å². The maximum absolute atomic E-state index is 12.4. The molecule has 1 atom stereocenters. The molecule has 0 radical (unpaired) electrons. The van der Waals surface area contributed by atoms with Gasteiger partial charge in [-0.1, -0.05) is 25.0 Å². The molecule has 21 heavy (non-hydrogen) atoms. The van der Waals surface area contributed by atoms with E-state index >= 15 is 0 Å². The van der Waals surface area contributed by atoms with Crippen molar-refractivity contribution in [1.82, 2.24) is 10.2 Å². The molecule has 1 heterocycles. The van der Waals surface area contributed by atoms with E-state index in [-0.39, 0.29) is 17.9 Å². The largest absolute Gasteiger partial charge is 0.345 e. The Morgan fingerprint density at radius 1 is 1.19 bits per heavy atom. The monoisotopic (exact) mass is 289 g/mol. The van der Waals surface area contributed by atoms with Gasteiger partial charge < -0.3 is 15.5 Å². The normalized spacial score (nSPS) is 18.7. The molecule has 2 N–H and O–H groups in total. The molecule has 0 saturated carbocycles. The van der Waals surface area contributed by atoms with Gasteiger partial charge in [0.05, 0.1) is 17.3 Å². The van der Waals surface area contributed by atoms with Gasteiger partial charge in [-0.3, -0.25) is 9.59 Å². The molecule has 1 unspecified atom stereocenters. The summed E-state index contributed by atoms with van der Waals surface area (Å²) in [5.41, 5.74) is 1.09. The SMILES string of the molecule is CN(C)C(=O)c1ccccc1NC(=O)C1CCCCCN1. The van der Waals surface area contributed by atoms with Crippen LogP contribution in [0.4, 0.5) is 5.69 Å². The van der Waals surface area contributed by atoms with Crippen molar-refractivity contribution in [2.75, 3.05) is 26.0 Å². The highest BCUT2D eigenvalue weighted by atomic mass is 16.2. The molecule has 5 nitrogen and oxygen atoms in total. The predicted octanol–water partition coefficient (Wildman–Crippen LogP) is 1.86. The second kappa shape index (κ2) is 7.22. The van der Waals surface area contributed by atoms with Gasteiger partial charge in [0.2, 0.25) is 5.91 Å². The third kappa shape index (κ3) is 4.04. The Kier molecular flexibility index (Phi) is 5.33. The highest BCUT2D eigenvalue weighted by Crippen LogP contribution is 2.18. The van der Waals surface area contributed by atoms with Gasteiger partial charge in [0.15, 0.2) is 0 Å². The quantitative estimate of drug-likeness (QED) is 0.893. The van der Waals surface area contributed by atoms with E-state index in [0.717, 1.165) is 32.2 Å². The Labute approximate surface area is 125 Å². The lowest BCUT2D eigenvalue weighted by atomic mass is 10.1. The lowest BCUT2D eigenvalue weighted by Crippen LogP contribution is -2.40. The summed E-state index contributed by atoms with van der Waals surface area (Å²) in [5, 5.41) is 6.16. The Morgan fingerprint density at radius 3 is 2.71 bits per heavy atom. The van der Waals surface area contributed by atoms with Crippen molar-refractivity contribution >= 4 is 17.5 Å². The number of amides is 2. The number of rotatable bonds is 3. The molecule has 0 bridgehead atoms. The van der Waals surface area contributed by atoms with Crippen molar-refractivity contribution in [3.05, 3.63) is 29.8 Å². The third-order valence-corrected chi connectivity index (χ3v) is 3.70. The molecule has 0 aliphatic carbocycles. The average molecular weight is 289 g/mol. The molecule has 1 aromatic carbocycles. The van der Waals surface area contributed by atoms with E-state index < -0.39 is 0 Å². The highest BCUT2D eigenvalue weighted by molar-refractivity contribution is 6.04. The molecule has 1 aliphatic rings. The van der Waals surface area contributed by atoms with Crippen molar-refractivity contribution in [2.24, 2.45) is 0 Å². The number of carbonyl (C=O) groups excluding carboxylic acids is 2. The van der Waals surface area contributed by atoms with Crippen LogP contribution in [-0.2, 0) is 4.79 Å². The molecule has 2 rings (SSSR count). The molecule has 114 valence electrons. The summed E-state index contributed by atoms with van der Waals surface area (Å²) < 4.78 is 0. The van der Waals surface area contributed by atoms with Crippen molar-refractivity contribution in [1.29, 1.82) is 0 Å². The number of carbonyl (C=O) groups is 2. The van der Waals surface area contributed by atoms with E-state index in [1.165, 1.54) is 4.90 Å². The zero-order valence-electron chi connectivity index (χ0n) is 12.7. The first kappa shape index (κ1) is 15.5. The van der Waals surface area contributed by atoms with Gasteiger partial charge in [0.1, 0.15) is 0 Å². The third-order valence-electron chi connectivity index (χ3n) is 3.70. The first-order valence-corrected chi connectivity index (χ1v) is 7.44. The fraction of sp³-hybridized carbons (Fsp3) is 0.500. The van der Waals surface area contributed by atoms with E-state index in [9.17, 15) is 9.59 Å². The number of benzene rings is 1. The molecule has 1 aliphatic heterocycles. The number of para-hydroxylation sites is 1. The molecular weight excluding hydrogens is 266 g/mol. The smallest absolute Gasteiger partial charge is 0.255 e. The summed E-state index contributed by atoms with van der Waals surface area (Å²) >= 11 is 0. The summed E-state index contributed by atoms with van der Waals surface area (Å²) in [5.74, 6) is -0.171. The zero-order valence-corrected chi connectivity index (χ0v) is 12.7. The van der Waals surface area contributed by atoms with Gasteiger partial charge in [-0.2, -0.15) is 0 Å². The predicted molar refractivity (Wildman–Crippen MR) is 83.3 cm³/mol. The van der Waals surface area contributed by atoms with E-state index in [0.29, 0.717) is 11.3 Å². The van der Waals surface area contributed by atoms with E-state index in [1.54, 1.807) is 32.3 Å². The molecular formula is C16H23N3O2. The Balaban J connectivity index is 2.11. The van der Waals surface area contributed by atoms with Crippen LogP contribution in [0.5, 0.6) is 0 Å². The topological polar surface area (TPSA) is 61.4 Å². The Hall–Kier alpha value is -1.88. The second-order valence-electron chi connectivity index (χ2n) is 5.59. The van der Waals surface area contributed by atoms with Crippen LogP contribution in [0.15, 0.2) is 24.3 Å². The molecule has 5 heteroatoms. The lowest BCUT2D eigenvalue weighted by molar-refractivity contribution is -0.118. The zero-order chi connectivity index (χ0) is 15.2. The molecule has 0 spiro atoms. The highest BCUT2D eigenvalue weighted by Gasteiger charge is 2.21. The first-order chi connectivity index (χ1) is 10.1. The molecule has 0 aromatic heterocycles. The maximum atomic E-state index is 12.4. The number of nitrogens with one attached hydrogen (secondary N) is 2. The standard InChI is InChI=1S/C16H23N3O2/c1-19(2)16(21)12-8-5-6-9-13(12)18-15(20)14-10-4-3-7-11-17-14/h5-6,8-9,14,17H,3-4,7,10-11H2,1-2H3,(H,18,20). The lowest BCUT2D eigenvalue weighted by Gasteiger charge is -2.18. The minimum absolute atomic E-state index is 0.0593. The van der Waals surface area contributed by atoms with E-state index in [4.69, 9.17) is 0 Å². The van der Waals surface area contributed by atoms with Gasteiger partial charge >= 0.3 is 0 Å². The van der Waals surface area contributed by atoms with Crippen LogP contribution in [0.2, 0.25) is 0 Å². The summed E-state index contributed by atoms with van der Waals surface area (Å²) in [4.78, 5) is 26.0. The van der Waals surface area contributed by atoms with Crippen LogP contribution in [0.1, 0.15) is 36.0 Å². The minimum atomic E-state index is -0.171. The molecule has 1 fully saturated rings. The molecule has 2 amide bonds. The second-order valence-corrected chi connectivity index (χ2v) is 5.59. The van der Waals surface area contributed by atoms with Gasteiger partial charge in [-0.05, 0) is 31.5 Å². The van der Waals surface area contributed by atoms with Crippen LogP contribution >= 0.6 is 0 Å². The Bertz CT molecular complexity index is 506. The van der Waals surface area contributed by atoms with Gasteiger partial charge in [0.25, 0.3) is 5.91 Å². The van der Waals surface area contributed by atoms with Crippen molar-refractivity contribution in [3.63, 3.8) is 0 Å². The Morgan fingerprint density at radius 2 is 1.95 bits per heavy atom. The fourth-order valence-electron chi connectivity index (χ4n) is 2.49. The van der Waals surface area contributed by atoms with Crippen LogP contribution < -0.4 is 10.6 Å². The van der Waals surface area contributed by atoms with Crippen LogP contribution in [0, 0.1) is 0 Å². The summed E-state index contributed by atoms with van der Waals surface area (Å²) in [6, 6.07) is 6.96. The van der Waals surface area contributed by atoms with Gasteiger partial charge in [-0.25, -0.2) is 0 Å². The van der Waals surface area contributed by atoms with Crippen LogP contribution in [0.25, 0.3) is 0 Å². The maximum Gasteiger partial charge on any atom is 0.255 e. The van der Waals surface area contributed by atoms with Crippen molar-refractivity contribution in [3.8, 4) is 0 Å². The van der Waals surface area contributed by atoms with Crippen molar-refractivity contribution in [2.45, 2.75) is 31.7 Å². The number of anilines is 1. The van der Waals surface area contributed by atoms with E-state index in [2.05, 4.69) is 10.6 Å². The van der Waals surface area contributed by atoms with Crippen molar-refractivity contribution < 1.29 is 9.59 Å².